The molecule has 4 rings (SSSR count). The maximum Gasteiger partial charge on any atom is 0.242 e. The first-order valence-corrected chi connectivity index (χ1v) is 10.2. The highest BCUT2D eigenvalue weighted by atomic mass is 35.5. The fourth-order valence-corrected chi connectivity index (χ4v) is 3.98. The van der Waals surface area contributed by atoms with Gasteiger partial charge in [-0.25, -0.2) is 0 Å². The van der Waals surface area contributed by atoms with E-state index >= 15 is 0 Å². The summed E-state index contributed by atoms with van der Waals surface area (Å²) in [4.78, 5) is 14.9. The van der Waals surface area contributed by atoms with Crippen LogP contribution in [0, 0.1) is 4.77 Å². The zero-order chi connectivity index (χ0) is 20.4. The molecule has 150 valence electrons. The number of H-pyrrole nitrogens is 1. The van der Waals surface area contributed by atoms with Crippen LogP contribution >= 0.6 is 23.8 Å². The number of methoxy groups -OCH3 is 1. The Morgan fingerprint density at radius 2 is 1.97 bits per heavy atom. The van der Waals surface area contributed by atoms with Crippen LogP contribution in [0.4, 0.5) is 0 Å². The highest BCUT2D eigenvalue weighted by Gasteiger charge is 2.28. The summed E-state index contributed by atoms with van der Waals surface area (Å²) < 4.78 is 7.38. The Bertz CT molecular complexity index is 1060. The van der Waals surface area contributed by atoms with Crippen molar-refractivity contribution in [2.75, 3.05) is 20.2 Å². The molecule has 2 heterocycles. The van der Waals surface area contributed by atoms with Crippen LogP contribution in [0.25, 0.3) is 11.4 Å². The van der Waals surface area contributed by atoms with Crippen molar-refractivity contribution in [3.05, 3.63) is 63.9 Å². The number of amides is 1. The number of aromatic nitrogens is 3. The number of hydrogen-bond donors (Lipinski definition) is 1. The summed E-state index contributed by atoms with van der Waals surface area (Å²) in [5, 5.41) is 7.73. The van der Waals surface area contributed by atoms with Crippen LogP contribution in [0.2, 0.25) is 5.02 Å². The fourth-order valence-electron chi connectivity index (χ4n) is 3.65. The van der Waals surface area contributed by atoms with Crippen LogP contribution in [-0.4, -0.2) is 45.8 Å². The second kappa shape index (κ2) is 8.39. The van der Waals surface area contributed by atoms with Gasteiger partial charge in [0.15, 0.2) is 10.6 Å². The standard InChI is InChI=1S/C21H21ClN4O2S/c1-28-18-8-4-14(5-9-18)16-10-11-25(12-16)19(27)13-26-20(23-24-21(26)29)15-2-6-17(22)7-3-15/h2-9,16H,10-13H2,1H3,(H,24,29). The van der Waals surface area contributed by atoms with Crippen LogP contribution in [0.1, 0.15) is 17.9 Å². The predicted molar refractivity (Wildman–Crippen MR) is 115 cm³/mol. The van der Waals surface area contributed by atoms with E-state index < -0.39 is 0 Å². The molecule has 1 N–H and O–H groups in total. The SMILES string of the molecule is COc1ccc(C2CCN(C(=O)Cn3c(-c4ccc(Cl)cc4)n[nH]c3=S)C2)cc1. The lowest BCUT2D eigenvalue weighted by Crippen LogP contribution is -2.32. The monoisotopic (exact) mass is 428 g/mol. The Balaban J connectivity index is 1.47. The molecule has 3 aromatic rings. The largest absolute Gasteiger partial charge is 0.497 e. The van der Waals surface area contributed by atoms with E-state index in [0.717, 1.165) is 24.3 Å². The van der Waals surface area contributed by atoms with Gasteiger partial charge in [0, 0.05) is 29.6 Å². The molecule has 8 heteroatoms. The van der Waals surface area contributed by atoms with Crippen molar-refractivity contribution < 1.29 is 9.53 Å². The van der Waals surface area contributed by atoms with Gasteiger partial charge in [-0.05, 0) is 60.6 Å². The fraction of sp³-hybridized carbons (Fsp3) is 0.286. The zero-order valence-corrected chi connectivity index (χ0v) is 17.5. The van der Waals surface area contributed by atoms with Gasteiger partial charge in [-0.3, -0.25) is 14.5 Å². The van der Waals surface area contributed by atoms with Gasteiger partial charge in [0.05, 0.1) is 7.11 Å². The van der Waals surface area contributed by atoms with Crippen molar-refractivity contribution in [1.82, 2.24) is 19.7 Å². The summed E-state index contributed by atoms with van der Waals surface area (Å²) in [5.41, 5.74) is 2.08. The molecular weight excluding hydrogens is 408 g/mol. The number of ether oxygens (including phenoxy) is 1. The van der Waals surface area contributed by atoms with Gasteiger partial charge in [0.2, 0.25) is 5.91 Å². The molecule has 6 nitrogen and oxygen atoms in total. The van der Waals surface area contributed by atoms with E-state index in [-0.39, 0.29) is 12.5 Å². The topological polar surface area (TPSA) is 63.1 Å². The van der Waals surface area contributed by atoms with Crippen LogP contribution in [0.5, 0.6) is 5.75 Å². The molecule has 1 fully saturated rings. The summed E-state index contributed by atoms with van der Waals surface area (Å²) in [5.74, 6) is 1.83. The third kappa shape index (κ3) is 4.21. The highest BCUT2D eigenvalue weighted by molar-refractivity contribution is 7.71. The summed E-state index contributed by atoms with van der Waals surface area (Å²) in [7, 11) is 1.66. The lowest BCUT2D eigenvalue weighted by atomic mass is 9.98. The number of carbonyl (C=O) groups excluding carboxylic acids is 1. The predicted octanol–water partition coefficient (Wildman–Crippen LogP) is 4.29. The molecule has 0 aliphatic carbocycles. The maximum absolute atomic E-state index is 13.0. The minimum Gasteiger partial charge on any atom is -0.497 e. The van der Waals surface area contributed by atoms with Gasteiger partial charge < -0.3 is 9.64 Å². The third-order valence-electron chi connectivity index (χ3n) is 5.28. The number of rotatable bonds is 5. The highest BCUT2D eigenvalue weighted by Crippen LogP contribution is 2.29. The second-order valence-corrected chi connectivity index (χ2v) is 7.87. The molecule has 1 saturated heterocycles. The zero-order valence-electron chi connectivity index (χ0n) is 16.0. The van der Waals surface area contributed by atoms with E-state index in [9.17, 15) is 4.79 Å². The molecule has 1 unspecified atom stereocenters. The average molecular weight is 429 g/mol. The minimum atomic E-state index is 0.0359. The van der Waals surface area contributed by atoms with Crippen molar-refractivity contribution in [2.45, 2.75) is 18.9 Å². The van der Waals surface area contributed by atoms with E-state index in [2.05, 4.69) is 22.3 Å². The average Bonchev–Trinajstić information content (AvgIpc) is 3.37. The molecule has 0 bridgehead atoms. The lowest BCUT2D eigenvalue weighted by molar-refractivity contribution is -0.130. The van der Waals surface area contributed by atoms with E-state index in [0.29, 0.717) is 28.1 Å². The van der Waals surface area contributed by atoms with Crippen molar-refractivity contribution >= 4 is 29.7 Å². The number of hydrogen-bond acceptors (Lipinski definition) is 4. The molecule has 1 aliphatic heterocycles. The molecule has 29 heavy (non-hydrogen) atoms. The number of likely N-dealkylation sites (tertiary alicyclic amines) is 1. The van der Waals surface area contributed by atoms with E-state index in [4.69, 9.17) is 28.6 Å². The Morgan fingerprint density at radius 3 is 2.66 bits per heavy atom. The van der Waals surface area contributed by atoms with Crippen molar-refractivity contribution in [1.29, 1.82) is 0 Å². The summed E-state index contributed by atoms with van der Waals surface area (Å²) >= 11 is 11.3. The van der Waals surface area contributed by atoms with Gasteiger partial charge >= 0.3 is 0 Å². The Morgan fingerprint density at radius 1 is 1.24 bits per heavy atom. The molecule has 1 amide bonds. The Kier molecular flexibility index (Phi) is 5.69. The normalized spacial score (nSPS) is 16.2. The van der Waals surface area contributed by atoms with Gasteiger partial charge in [0.25, 0.3) is 0 Å². The van der Waals surface area contributed by atoms with Crippen molar-refractivity contribution in [3.8, 4) is 17.1 Å². The van der Waals surface area contributed by atoms with Gasteiger partial charge in [-0.2, -0.15) is 5.10 Å². The smallest absolute Gasteiger partial charge is 0.242 e. The molecule has 0 saturated carbocycles. The molecule has 2 aromatic carbocycles. The summed E-state index contributed by atoms with van der Waals surface area (Å²) in [6.07, 6.45) is 0.943. The first-order valence-electron chi connectivity index (χ1n) is 9.38. The van der Waals surface area contributed by atoms with E-state index in [1.54, 1.807) is 23.8 Å². The first-order chi connectivity index (χ1) is 14.0. The summed E-state index contributed by atoms with van der Waals surface area (Å²) in [6, 6.07) is 15.4. The summed E-state index contributed by atoms with van der Waals surface area (Å²) in [6.45, 7) is 1.59. The molecule has 1 aromatic heterocycles. The molecule has 1 aliphatic rings. The number of nitrogens with zero attached hydrogens (tertiary/aromatic N) is 3. The van der Waals surface area contributed by atoms with E-state index in [1.807, 2.05) is 29.2 Å². The molecule has 1 atom stereocenters. The third-order valence-corrected chi connectivity index (χ3v) is 5.85. The Hall–Kier alpha value is -2.64. The number of aromatic amines is 1. The molecular formula is C21H21ClN4O2S. The van der Waals surface area contributed by atoms with Crippen molar-refractivity contribution in [3.63, 3.8) is 0 Å². The molecule has 0 spiro atoms. The number of halogens is 1. The van der Waals surface area contributed by atoms with Crippen molar-refractivity contribution in [2.24, 2.45) is 0 Å². The number of benzene rings is 2. The quantitative estimate of drug-likeness (QED) is 0.616. The molecule has 0 radical (unpaired) electrons. The number of carbonyl (C=O) groups is 1. The van der Waals surface area contributed by atoms with Gasteiger partial charge in [-0.1, -0.05) is 23.7 Å². The minimum absolute atomic E-state index is 0.0359. The van der Waals surface area contributed by atoms with Gasteiger partial charge in [-0.15, -0.1) is 0 Å². The first kappa shape index (κ1) is 19.7. The maximum atomic E-state index is 13.0. The van der Waals surface area contributed by atoms with E-state index in [1.165, 1.54) is 5.56 Å². The second-order valence-electron chi connectivity index (χ2n) is 7.04. The Labute approximate surface area is 179 Å². The number of nitrogens with one attached hydrogen (secondary N) is 1. The van der Waals surface area contributed by atoms with Crippen LogP contribution in [0.3, 0.4) is 0 Å². The lowest BCUT2D eigenvalue weighted by Gasteiger charge is -2.18. The van der Waals surface area contributed by atoms with Crippen LogP contribution in [0.15, 0.2) is 48.5 Å². The van der Waals surface area contributed by atoms with Gasteiger partial charge in [0.1, 0.15) is 12.3 Å². The van der Waals surface area contributed by atoms with Crippen LogP contribution < -0.4 is 4.74 Å². The van der Waals surface area contributed by atoms with Crippen LogP contribution in [-0.2, 0) is 11.3 Å².